The van der Waals surface area contributed by atoms with Crippen molar-refractivity contribution in [3.05, 3.63) is 0 Å². The molecule has 6 heteroatoms. The lowest BCUT2D eigenvalue weighted by atomic mass is 9.99. The highest BCUT2D eigenvalue weighted by Crippen LogP contribution is 2.17. The molecule has 0 amide bonds. The van der Waals surface area contributed by atoms with Crippen molar-refractivity contribution in [2.75, 3.05) is 13.2 Å². The summed E-state index contributed by atoms with van der Waals surface area (Å²) in [5.74, 6) is 0.779. The quantitative estimate of drug-likeness (QED) is 0.0361. The standard InChI is InChI=1S/C44H84O6/c1-6-8-9-22-29-34-42(45)48-37-41(38-49-43(46)35-30-25-21-20-23-27-32-39(3)4)50-44(47)36-31-26-19-17-15-13-11-10-12-14-16-18-24-28-33-40(5)7-2/h39-41H,6-38H2,1-5H3/t40?,41-/m1/s1. The predicted molar refractivity (Wildman–Crippen MR) is 210 cm³/mol. The van der Waals surface area contributed by atoms with Crippen LogP contribution in [0.15, 0.2) is 0 Å². The van der Waals surface area contributed by atoms with Gasteiger partial charge in [-0.25, -0.2) is 0 Å². The van der Waals surface area contributed by atoms with E-state index in [-0.39, 0.29) is 31.1 Å². The molecule has 0 radical (unpaired) electrons. The minimum absolute atomic E-state index is 0.0675. The van der Waals surface area contributed by atoms with Gasteiger partial charge < -0.3 is 14.2 Å². The Kier molecular flexibility index (Phi) is 36.0. The highest BCUT2D eigenvalue weighted by atomic mass is 16.6. The minimum Gasteiger partial charge on any atom is -0.462 e. The van der Waals surface area contributed by atoms with Crippen LogP contribution in [0.25, 0.3) is 0 Å². The molecule has 0 aromatic rings. The molecule has 0 aliphatic carbocycles. The number of carbonyl (C=O) groups is 3. The Hall–Kier alpha value is -1.59. The van der Waals surface area contributed by atoms with Gasteiger partial charge in [-0.05, 0) is 31.1 Å². The van der Waals surface area contributed by atoms with Crippen molar-refractivity contribution in [3.63, 3.8) is 0 Å². The van der Waals surface area contributed by atoms with E-state index >= 15 is 0 Å². The molecule has 0 aliphatic rings. The van der Waals surface area contributed by atoms with Gasteiger partial charge in [0, 0.05) is 19.3 Å². The Morgan fingerprint density at radius 1 is 0.420 bits per heavy atom. The fourth-order valence-corrected chi connectivity index (χ4v) is 6.37. The molecule has 0 bridgehead atoms. The van der Waals surface area contributed by atoms with E-state index in [2.05, 4.69) is 34.6 Å². The molecule has 0 heterocycles. The maximum atomic E-state index is 12.6. The largest absolute Gasteiger partial charge is 0.462 e. The van der Waals surface area contributed by atoms with Crippen LogP contribution >= 0.6 is 0 Å². The number of ether oxygens (including phenoxy) is 3. The normalized spacial score (nSPS) is 12.6. The molecule has 50 heavy (non-hydrogen) atoms. The molecule has 0 N–H and O–H groups in total. The van der Waals surface area contributed by atoms with Crippen molar-refractivity contribution < 1.29 is 28.6 Å². The topological polar surface area (TPSA) is 78.9 Å². The average molecular weight is 709 g/mol. The number of rotatable bonds is 38. The summed E-state index contributed by atoms with van der Waals surface area (Å²) in [6.07, 6.45) is 34.1. The summed E-state index contributed by atoms with van der Waals surface area (Å²) in [6.45, 7) is 11.2. The van der Waals surface area contributed by atoms with Crippen molar-refractivity contribution in [1.82, 2.24) is 0 Å². The van der Waals surface area contributed by atoms with E-state index < -0.39 is 6.10 Å². The van der Waals surface area contributed by atoms with Gasteiger partial charge in [0.05, 0.1) is 0 Å². The second-order valence-corrected chi connectivity index (χ2v) is 15.7. The van der Waals surface area contributed by atoms with E-state index in [4.69, 9.17) is 14.2 Å². The third kappa shape index (κ3) is 36.2. The lowest BCUT2D eigenvalue weighted by Gasteiger charge is -2.18. The van der Waals surface area contributed by atoms with Gasteiger partial charge in [-0.15, -0.1) is 0 Å². The number of unbranched alkanes of at least 4 members (excludes halogenated alkanes) is 22. The van der Waals surface area contributed by atoms with Crippen LogP contribution in [0.4, 0.5) is 0 Å². The molecule has 0 spiro atoms. The fraction of sp³-hybridized carbons (Fsp3) is 0.932. The lowest BCUT2D eigenvalue weighted by Crippen LogP contribution is -2.30. The molecule has 0 aromatic heterocycles. The van der Waals surface area contributed by atoms with Crippen LogP contribution in [-0.2, 0) is 28.6 Å². The molecule has 0 saturated carbocycles. The van der Waals surface area contributed by atoms with Crippen molar-refractivity contribution in [2.45, 2.75) is 240 Å². The van der Waals surface area contributed by atoms with Gasteiger partial charge in [0.2, 0.25) is 0 Å². The number of hydrogen-bond donors (Lipinski definition) is 0. The Balaban J connectivity index is 4.15. The Morgan fingerprint density at radius 3 is 1.14 bits per heavy atom. The van der Waals surface area contributed by atoms with Gasteiger partial charge in [0.1, 0.15) is 13.2 Å². The molecule has 6 nitrogen and oxygen atoms in total. The Bertz CT molecular complexity index is 766. The van der Waals surface area contributed by atoms with Crippen LogP contribution in [0.3, 0.4) is 0 Å². The molecule has 0 fully saturated rings. The lowest BCUT2D eigenvalue weighted by molar-refractivity contribution is -0.167. The summed E-state index contributed by atoms with van der Waals surface area (Å²) in [5, 5.41) is 0. The first-order valence-corrected chi connectivity index (χ1v) is 21.8. The second-order valence-electron chi connectivity index (χ2n) is 15.7. The summed E-state index contributed by atoms with van der Waals surface area (Å²) in [6, 6.07) is 0. The van der Waals surface area contributed by atoms with Gasteiger partial charge >= 0.3 is 17.9 Å². The first-order valence-electron chi connectivity index (χ1n) is 21.8. The molecule has 0 aliphatic heterocycles. The van der Waals surface area contributed by atoms with E-state index in [9.17, 15) is 14.4 Å². The van der Waals surface area contributed by atoms with Crippen molar-refractivity contribution >= 4 is 17.9 Å². The smallest absolute Gasteiger partial charge is 0.306 e. The van der Waals surface area contributed by atoms with Crippen LogP contribution in [0, 0.1) is 11.8 Å². The van der Waals surface area contributed by atoms with Crippen molar-refractivity contribution in [3.8, 4) is 0 Å². The maximum absolute atomic E-state index is 12.6. The summed E-state index contributed by atoms with van der Waals surface area (Å²) in [5.41, 5.74) is 0. The monoisotopic (exact) mass is 709 g/mol. The average Bonchev–Trinajstić information content (AvgIpc) is 3.09. The highest BCUT2D eigenvalue weighted by molar-refractivity contribution is 5.71. The van der Waals surface area contributed by atoms with Gasteiger partial charge in [0.15, 0.2) is 6.10 Å². The van der Waals surface area contributed by atoms with Crippen LogP contribution < -0.4 is 0 Å². The van der Waals surface area contributed by atoms with Crippen LogP contribution in [-0.4, -0.2) is 37.2 Å². The minimum atomic E-state index is -0.758. The van der Waals surface area contributed by atoms with Gasteiger partial charge in [0.25, 0.3) is 0 Å². The number of hydrogen-bond acceptors (Lipinski definition) is 6. The van der Waals surface area contributed by atoms with Gasteiger partial charge in [-0.1, -0.05) is 195 Å². The third-order valence-corrected chi connectivity index (χ3v) is 10.1. The SMILES string of the molecule is CCCCCCCC(=O)OC[C@H](COC(=O)CCCCCCCCC(C)C)OC(=O)CCCCCCCCCCCCCCCCC(C)CC. The van der Waals surface area contributed by atoms with Crippen LogP contribution in [0.2, 0.25) is 0 Å². The zero-order chi connectivity index (χ0) is 36.9. The van der Waals surface area contributed by atoms with Gasteiger partial charge in [-0.3, -0.25) is 14.4 Å². The second kappa shape index (κ2) is 37.2. The molecule has 2 atom stereocenters. The molecule has 1 unspecified atom stereocenters. The number of carbonyl (C=O) groups excluding carboxylic acids is 3. The maximum Gasteiger partial charge on any atom is 0.306 e. The molecule has 0 aromatic carbocycles. The molecule has 0 saturated heterocycles. The van der Waals surface area contributed by atoms with Crippen LogP contribution in [0.5, 0.6) is 0 Å². The Labute approximate surface area is 310 Å². The van der Waals surface area contributed by atoms with Crippen molar-refractivity contribution in [2.24, 2.45) is 11.8 Å². The first-order chi connectivity index (χ1) is 24.3. The number of esters is 3. The zero-order valence-corrected chi connectivity index (χ0v) is 34.0. The Morgan fingerprint density at radius 2 is 0.760 bits per heavy atom. The van der Waals surface area contributed by atoms with Gasteiger partial charge in [-0.2, -0.15) is 0 Å². The summed E-state index contributed by atoms with van der Waals surface area (Å²) >= 11 is 0. The summed E-state index contributed by atoms with van der Waals surface area (Å²) in [7, 11) is 0. The molecular formula is C44H84O6. The van der Waals surface area contributed by atoms with E-state index in [1.807, 2.05) is 0 Å². The predicted octanol–water partition coefficient (Wildman–Crippen LogP) is 13.4. The summed E-state index contributed by atoms with van der Waals surface area (Å²) in [4.78, 5) is 37.3. The zero-order valence-electron chi connectivity index (χ0n) is 34.0. The first kappa shape index (κ1) is 48.4. The van der Waals surface area contributed by atoms with E-state index in [0.717, 1.165) is 76.0 Å². The van der Waals surface area contributed by atoms with Crippen LogP contribution in [0.1, 0.15) is 234 Å². The highest BCUT2D eigenvalue weighted by Gasteiger charge is 2.19. The molecule has 0 rings (SSSR count). The third-order valence-electron chi connectivity index (χ3n) is 10.1. The van der Waals surface area contributed by atoms with E-state index in [1.54, 1.807) is 0 Å². The van der Waals surface area contributed by atoms with E-state index in [0.29, 0.717) is 19.3 Å². The molecule has 296 valence electrons. The van der Waals surface area contributed by atoms with E-state index in [1.165, 1.54) is 116 Å². The molecular weight excluding hydrogens is 624 g/mol. The van der Waals surface area contributed by atoms with Crippen molar-refractivity contribution in [1.29, 1.82) is 0 Å². The fourth-order valence-electron chi connectivity index (χ4n) is 6.37. The summed E-state index contributed by atoms with van der Waals surface area (Å²) < 4.78 is 16.6.